The fourth-order valence-corrected chi connectivity index (χ4v) is 1.67. The molecular formula is C16H21N3O3. The molecule has 0 bridgehead atoms. The number of carbonyl (C=O) groups is 2. The third-order valence-electron chi connectivity index (χ3n) is 2.87. The molecule has 0 atom stereocenters. The lowest BCUT2D eigenvalue weighted by molar-refractivity contribution is -0.145. The van der Waals surface area contributed by atoms with E-state index < -0.39 is 11.8 Å². The highest BCUT2D eigenvalue weighted by atomic mass is 16.5. The van der Waals surface area contributed by atoms with Crippen molar-refractivity contribution in [2.75, 3.05) is 19.7 Å². The summed E-state index contributed by atoms with van der Waals surface area (Å²) in [5, 5.41) is 3.78. The predicted molar refractivity (Wildman–Crippen MR) is 85.8 cm³/mol. The molecule has 0 aromatic heterocycles. The van der Waals surface area contributed by atoms with Gasteiger partial charge in [-0.05, 0) is 43.7 Å². The van der Waals surface area contributed by atoms with Crippen molar-refractivity contribution in [3.8, 4) is 5.75 Å². The van der Waals surface area contributed by atoms with E-state index in [1.54, 1.807) is 30.3 Å². The van der Waals surface area contributed by atoms with Crippen LogP contribution in [0.1, 0.15) is 19.4 Å². The van der Waals surface area contributed by atoms with E-state index in [0.717, 1.165) is 11.3 Å². The van der Waals surface area contributed by atoms with E-state index >= 15 is 0 Å². The van der Waals surface area contributed by atoms with E-state index in [4.69, 9.17) is 4.74 Å². The summed E-state index contributed by atoms with van der Waals surface area (Å²) < 4.78 is 5.35. The maximum atomic E-state index is 11.7. The molecule has 0 saturated carbocycles. The molecule has 118 valence electrons. The Labute approximate surface area is 130 Å². The summed E-state index contributed by atoms with van der Waals surface area (Å²) in [7, 11) is 0. The molecule has 0 heterocycles. The number of ether oxygens (including phenoxy) is 1. The van der Waals surface area contributed by atoms with Gasteiger partial charge in [-0.2, -0.15) is 5.10 Å². The van der Waals surface area contributed by atoms with Gasteiger partial charge in [-0.3, -0.25) is 9.59 Å². The van der Waals surface area contributed by atoms with Crippen LogP contribution in [-0.4, -0.2) is 42.6 Å². The molecule has 1 aromatic rings. The summed E-state index contributed by atoms with van der Waals surface area (Å²) in [5.74, 6) is -0.612. The molecule has 22 heavy (non-hydrogen) atoms. The molecule has 0 spiro atoms. The largest absolute Gasteiger partial charge is 0.490 e. The fourth-order valence-electron chi connectivity index (χ4n) is 1.67. The van der Waals surface area contributed by atoms with Crippen LogP contribution in [0, 0.1) is 0 Å². The van der Waals surface area contributed by atoms with Gasteiger partial charge in [0.2, 0.25) is 0 Å². The molecule has 1 rings (SSSR count). The molecule has 0 aliphatic carbocycles. The van der Waals surface area contributed by atoms with Crippen molar-refractivity contribution in [3.05, 3.63) is 42.5 Å². The highest BCUT2D eigenvalue weighted by Crippen LogP contribution is 2.10. The smallest absolute Gasteiger partial charge is 0.329 e. The van der Waals surface area contributed by atoms with Crippen LogP contribution in [0.3, 0.4) is 0 Å². The Kier molecular flexibility index (Phi) is 7.39. The number of hydrogen-bond acceptors (Lipinski definition) is 4. The second-order valence-electron chi connectivity index (χ2n) is 4.35. The second-order valence-corrected chi connectivity index (χ2v) is 4.35. The zero-order chi connectivity index (χ0) is 16.4. The number of hydrazone groups is 1. The van der Waals surface area contributed by atoms with Gasteiger partial charge in [0.1, 0.15) is 12.4 Å². The van der Waals surface area contributed by atoms with Gasteiger partial charge in [-0.15, -0.1) is 0 Å². The fraction of sp³-hybridized carbons (Fsp3) is 0.312. The Bertz CT molecular complexity index is 534. The van der Waals surface area contributed by atoms with E-state index in [9.17, 15) is 9.59 Å². The summed E-state index contributed by atoms with van der Waals surface area (Å²) in [5.41, 5.74) is 3.00. The van der Waals surface area contributed by atoms with Crippen molar-refractivity contribution in [1.29, 1.82) is 0 Å². The summed E-state index contributed by atoms with van der Waals surface area (Å²) in [6.45, 7) is 8.61. The SMILES string of the molecule is C=CCOc1ccc(/C=N\NC(=O)C(=O)N(CC)CC)cc1. The topological polar surface area (TPSA) is 71.0 Å². The minimum atomic E-state index is -0.745. The summed E-state index contributed by atoms with van der Waals surface area (Å²) in [4.78, 5) is 24.8. The van der Waals surface area contributed by atoms with Crippen LogP contribution in [0.15, 0.2) is 42.0 Å². The van der Waals surface area contributed by atoms with E-state index in [1.165, 1.54) is 11.1 Å². The van der Waals surface area contributed by atoms with Crippen LogP contribution in [0.4, 0.5) is 0 Å². The molecule has 1 N–H and O–H groups in total. The van der Waals surface area contributed by atoms with Crippen molar-refractivity contribution in [2.45, 2.75) is 13.8 Å². The first-order valence-corrected chi connectivity index (χ1v) is 7.08. The van der Waals surface area contributed by atoms with Gasteiger partial charge in [-0.25, -0.2) is 5.43 Å². The quantitative estimate of drug-likeness (QED) is 0.360. The first kappa shape index (κ1) is 17.4. The van der Waals surface area contributed by atoms with Gasteiger partial charge in [0.15, 0.2) is 0 Å². The molecule has 0 aliphatic rings. The van der Waals surface area contributed by atoms with Gasteiger partial charge >= 0.3 is 11.8 Å². The van der Waals surface area contributed by atoms with Gasteiger partial charge < -0.3 is 9.64 Å². The lowest BCUT2D eigenvalue weighted by Gasteiger charge is -2.16. The summed E-state index contributed by atoms with van der Waals surface area (Å²) in [6.07, 6.45) is 3.13. The first-order chi connectivity index (χ1) is 10.6. The van der Waals surface area contributed by atoms with Crippen LogP contribution in [0.5, 0.6) is 5.75 Å². The van der Waals surface area contributed by atoms with E-state index in [2.05, 4.69) is 17.1 Å². The van der Waals surface area contributed by atoms with Crippen molar-refractivity contribution in [1.82, 2.24) is 10.3 Å². The van der Waals surface area contributed by atoms with Crippen LogP contribution in [-0.2, 0) is 9.59 Å². The Morgan fingerprint density at radius 1 is 1.27 bits per heavy atom. The average Bonchev–Trinajstić information content (AvgIpc) is 2.55. The lowest BCUT2D eigenvalue weighted by Crippen LogP contribution is -2.41. The van der Waals surface area contributed by atoms with Crippen molar-refractivity contribution >= 4 is 18.0 Å². The van der Waals surface area contributed by atoms with Crippen molar-refractivity contribution in [3.63, 3.8) is 0 Å². The van der Waals surface area contributed by atoms with Crippen LogP contribution < -0.4 is 10.2 Å². The number of nitrogens with zero attached hydrogens (tertiary/aromatic N) is 2. The number of hydrogen-bond donors (Lipinski definition) is 1. The molecule has 6 heteroatoms. The Morgan fingerprint density at radius 2 is 1.91 bits per heavy atom. The second kappa shape index (κ2) is 9.33. The molecule has 0 unspecified atom stereocenters. The zero-order valence-electron chi connectivity index (χ0n) is 12.9. The number of nitrogens with one attached hydrogen (secondary N) is 1. The first-order valence-electron chi connectivity index (χ1n) is 7.08. The number of rotatable bonds is 7. The average molecular weight is 303 g/mol. The number of amides is 2. The zero-order valence-corrected chi connectivity index (χ0v) is 12.9. The minimum Gasteiger partial charge on any atom is -0.490 e. The Hall–Kier alpha value is -2.63. The van der Waals surface area contributed by atoms with Crippen LogP contribution in [0.25, 0.3) is 0 Å². The van der Waals surface area contributed by atoms with E-state index in [0.29, 0.717) is 19.7 Å². The van der Waals surface area contributed by atoms with Crippen molar-refractivity contribution in [2.24, 2.45) is 5.10 Å². The molecule has 0 fully saturated rings. The maximum absolute atomic E-state index is 11.7. The maximum Gasteiger partial charge on any atom is 0.329 e. The van der Waals surface area contributed by atoms with Crippen LogP contribution >= 0.6 is 0 Å². The molecule has 0 saturated heterocycles. The predicted octanol–water partition coefficient (Wildman–Crippen LogP) is 1.57. The number of carbonyl (C=O) groups excluding carboxylic acids is 2. The molecule has 1 aromatic carbocycles. The highest BCUT2D eigenvalue weighted by Gasteiger charge is 2.18. The molecule has 2 amide bonds. The summed E-state index contributed by atoms with van der Waals surface area (Å²) >= 11 is 0. The van der Waals surface area contributed by atoms with Gasteiger partial charge in [0.05, 0.1) is 6.21 Å². The highest BCUT2D eigenvalue weighted by molar-refractivity contribution is 6.34. The molecule has 0 aliphatic heterocycles. The van der Waals surface area contributed by atoms with Crippen LogP contribution in [0.2, 0.25) is 0 Å². The molecule has 6 nitrogen and oxygen atoms in total. The normalized spacial score (nSPS) is 10.3. The Morgan fingerprint density at radius 3 is 2.45 bits per heavy atom. The summed E-state index contributed by atoms with van der Waals surface area (Å²) in [6, 6.07) is 7.15. The third kappa shape index (κ3) is 5.40. The monoisotopic (exact) mass is 303 g/mol. The Balaban J connectivity index is 2.53. The van der Waals surface area contributed by atoms with E-state index in [1.807, 2.05) is 13.8 Å². The molecular weight excluding hydrogens is 282 g/mol. The van der Waals surface area contributed by atoms with Gasteiger partial charge in [0.25, 0.3) is 0 Å². The number of benzene rings is 1. The standard InChI is InChI=1S/C16H21N3O3/c1-4-11-22-14-9-7-13(8-10-14)12-17-18-15(20)16(21)19(5-2)6-3/h4,7-10,12H,1,5-6,11H2,2-3H3,(H,18,20)/b17-12-. The molecule has 0 radical (unpaired) electrons. The number of likely N-dealkylation sites (N-methyl/N-ethyl adjacent to an activating group) is 1. The van der Waals surface area contributed by atoms with Gasteiger partial charge in [0, 0.05) is 13.1 Å². The lowest BCUT2D eigenvalue weighted by atomic mass is 10.2. The van der Waals surface area contributed by atoms with E-state index in [-0.39, 0.29) is 0 Å². The van der Waals surface area contributed by atoms with Crippen molar-refractivity contribution < 1.29 is 14.3 Å². The van der Waals surface area contributed by atoms with Gasteiger partial charge in [-0.1, -0.05) is 12.7 Å². The third-order valence-corrected chi connectivity index (χ3v) is 2.87. The minimum absolute atomic E-state index is 0.441.